The zero-order valence-electron chi connectivity index (χ0n) is 20.7. The molecule has 1 atom stereocenters. The molecule has 0 bridgehead atoms. The Kier molecular flexibility index (Phi) is 7.55. The van der Waals surface area contributed by atoms with Gasteiger partial charge in [0.25, 0.3) is 5.56 Å². The number of nitrogens with zero attached hydrogens (tertiary/aromatic N) is 2. The van der Waals surface area contributed by atoms with Crippen LogP contribution in [0.25, 0.3) is 10.2 Å². The van der Waals surface area contributed by atoms with E-state index < -0.39 is 34.1 Å². The Labute approximate surface area is 219 Å². The van der Waals surface area contributed by atoms with Gasteiger partial charge in [0.2, 0.25) is 5.91 Å². The highest BCUT2D eigenvalue weighted by molar-refractivity contribution is 14.1. The zero-order valence-corrected chi connectivity index (χ0v) is 23.6. The van der Waals surface area contributed by atoms with E-state index in [0.29, 0.717) is 15.8 Å². The number of aliphatic hydroxyl groups is 1. The minimum atomic E-state index is -1.75. The van der Waals surface area contributed by atoms with E-state index in [0.717, 1.165) is 13.5 Å². The summed E-state index contributed by atoms with van der Waals surface area (Å²) in [4.78, 5) is 40.8. The molecule has 1 amide bonds. The molecule has 0 spiro atoms. The van der Waals surface area contributed by atoms with E-state index in [9.17, 15) is 23.9 Å². The van der Waals surface area contributed by atoms with Crippen molar-refractivity contribution in [2.75, 3.05) is 7.11 Å². The van der Waals surface area contributed by atoms with Gasteiger partial charge in [-0.3, -0.25) is 14.2 Å². The maximum Gasteiger partial charge on any atom is 0.333 e. The molecular weight excluding hydrogens is 588 g/mol. The summed E-state index contributed by atoms with van der Waals surface area (Å²) >= 11 is 3.33. The molecule has 0 aliphatic carbocycles. The number of hydrogen-bond acceptors (Lipinski definition) is 6. The molecule has 2 N–H and O–H groups in total. The van der Waals surface area contributed by atoms with Crippen molar-refractivity contribution in [2.45, 2.75) is 65.3 Å². The van der Waals surface area contributed by atoms with Crippen LogP contribution < -0.4 is 21.3 Å². The van der Waals surface area contributed by atoms with Gasteiger partial charge in [0.05, 0.1) is 21.9 Å². The van der Waals surface area contributed by atoms with Crippen LogP contribution in [0.3, 0.4) is 0 Å². The summed E-state index contributed by atoms with van der Waals surface area (Å²) in [6.45, 7) is 9.49. The highest BCUT2D eigenvalue weighted by Crippen LogP contribution is 2.34. The first-order valence-electron chi connectivity index (χ1n) is 11.0. The number of carbonyl (C=O) groups is 1. The molecule has 11 heteroatoms. The normalized spacial score (nSPS) is 13.8. The number of amides is 1. The Morgan fingerprint density at radius 1 is 1.29 bits per heavy atom. The average Bonchev–Trinajstić information content (AvgIpc) is 3.05. The van der Waals surface area contributed by atoms with Crippen LogP contribution in [0.15, 0.2) is 27.8 Å². The smallest absolute Gasteiger partial charge is 0.333 e. The molecule has 190 valence electrons. The summed E-state index contributed by atoms with van der Waals surface area (Å²) in [5, 5.41) is 14.5. The molecular formula is C24H29FIN3O5S. The van der Waals surface area contributed by atoms with Crippen molar-refractivity contribution in [1.82, 2.24) is 14.5 Å². The summed E-state index contributed by atoms with van der Waals surface area (Å²) in [5.41, 5.74) is -3.76. The van der Waals surface area contributed by atoms with E-state index in [1.54, 1.807) is 20.8 Å². The summed E-state index contributed by atoms with van der Waals surface area (Å²) in [7, 11) is 1.40. The minimum Gasteiger partial charge on any atom is -0.496 e. The summed E-state index contributed by atoms with van der Waals surface area (Å²) in [5.74, 6) is -0.808. The third-order valence-electron chi connectivity index (χ3n) is 5.90. The molecule has 0 saturated carbocycles. The Hall–Kier alpha value is -2.25. The van der Waals surface area contributed by atoms with Gasteiger partial charge in [-0.2, -0.15) is 0 Å². The lowest BCUT2D eigenvalue weighted by molar-refractivity contribution is -0.129. The van der Waals surface area contributed by atoms with Crippen LogP contribution in [0.2, 0.25) is 0 Å². The summed E-state index contributed by atoms with van der Waals surface area (Å²) < 4.78 is 22.4. The molecule has 0 aliphatic rings. The lowest BCUT2D eigenvalue weighted by Crippen LogP contribution is -2.57. The van der Waals surface area contributed by atoms with Crippen molar-refractivity contribution in [3.63, 3.8) is 0 Å². The topological polar surface area (TPSA) is 103 Å². The van der Waals surface area contributed by atoms with Gasteiger partial charge < -0.3 is 15.2 Å². The monoisotopic (exact) mass is 617 g/mol. The molecule has 0 radical (unpaired) electrons. The van der Waals surface area contributed by atoms with Crippen LogP contribution in [-0.4, -0.2) is 33.3 Å². The molecule has 0 fully saturated rings. The number of hydrogen-bond donors (Lipinski definition) is 2. The lowest BCUT2D eigenvalue weighted by atomic mass is 9.94. The fourth-order valence-corrected chi connectivity index (χ4v) is 5.90. The first-order chi connectivity index (χ1) is 16.1. The number of nitrogens with one attached hydrogen (secondary N) is 1. The quantitative estimate of drug-likeness (QED) is 0.396. The molecule has 3 rings (SSSR count). The molecule has 0 saturated heterocycles. The van der Waals surface area contributed by atoms with Gasteiger partial charge in [0, 0.05) is 11.6 Å². The molecule has 3 aromatic rings. The van der Waals surface area contributed by atoms with E-state index >= 15 is 0 Å². The first kappa shape index (κ1) is 27.3. The van der Waals surface area contributed by atoms with E-state index in [-0.39, 0.29) is 23.9 Å². The maximum absolute atomic E-state index is 14.1. The fourth-order valence-electron chi connectivity index (χ4n) is 3.99. The number of aryl methyl sites for hydroxylation is 1. The maximum atomic E-state index is 14.1. The summed E-state index contributed by atoms with van der Waals surface area (Å²) in [6, 6.07) is 3.56. The van der Waals surface area contributed by atoms with Gasteiger partial charge in [-0.15, -0.1) is 11.3 Å². The second kappa shape index (κ2) is 9.66. The highest BCUT2D eigenvalue weighted by Gasteiger charge is 2.37. The minimum absolute atomic E-state index is 0.151. The third kappa shape index (κ3) is 4.90. The van der Waals surface area contributed by atoms with Crippen LogP contribution in [0.5, 0.6) is 5.75 Å². The van der Waals surface area contributed by atoms with Gasteiger partial charge in [-0.05, 0) is 87.9 Å². The molecule has 1 aromatic carbocycles. The zero-order chi connectivity index (χ0) is 26.5. The molecule has 2 aromatic heterocycles. The van der Waals surface area contributed by atoms with E-state index in [1.165, 1.54) is 55.9 Å². The molecule has 0 aliphatic heterocycles. The van der Waals surface area contributed by atoms with E-state index in [4.69, 9.17) is 4.74 Å². The highest BCUT2D eigenvalue weighted by atomic mass is 127. The van der Waals surface area contributed by atoms with Crippen molar-refractivity contribution in [3.8, 4) is 5.75 Å². The van der Waals surface area contributed by atoms with Gasteiger partial charge in [0.1, 0.15) is 27.5 Å². The Morgan fingerprint density at radius 3 is 2.49 bits per heavy atom. The van der Waals surface area contributed by atoms with Gasteiger partial charge >= 0.3 is 5.69 Å². The van der Waals surface area contributed by atoms with Crippen LogP contribution in [0.1, 0.15) is 45.7 Å². The van der Waals surface area contributed by atoms with Crippen molar-refractivity contribution in [1.29, 1.82) is 0 Å². The second-order valence-electron chi connectivity index (χ2n) is 9.50. The number of halogens is 2. The Morgan fingerprint density at radius 2 is 1.91 bits per heavy atom. The predicted octanol–water partition coefficient (Wildman–Crippen LogP) is 3.45. The number of ether oxygens (including phenoxy) is 1. The van der Waals surface area contributed by atoms with E-state index in [1.807, 2.05) is 0 Å². The van der Waals surface area contributed by atoms with Gasteiger partial charge in [-0.1, -0.05) is 0 Å². The second-order valence-corrected chi connectivity index (χ2v) is 12.3. The van der Waals surface area contributed by atoms with Crippen molar-refractivity contribution >= 4 is 50.1 Å². The number of rotatable bonds is 7. The number of carbonyl (C=O) groups excluding carboxylic acids is 1. The molecule has 8 nitrogen and oxygen atoms in total. The Balaban J connectivity index is 2.34. The largest absolute Gasteiger partial charge is 0.496 e. The number of methoxy groups -OCH3 is 1. The van der Waals surface area contributed by atoms with Crippen molar-refractivity contribution in [3.05, 3.63) is 58.9 Å². The first-order valence-corrected chi connectivity index (χ1v) is 12.8. The van der Waals surface area contributed by atoms with Crippen molar-refractivity contribution in [2.24, 2.45) is 0 Å². The standard InChI is InChI=1S/C24H29FIN3O5S/c1-12(2)27-21(31)23(4,5)29-19(30)17-13(3)18(26)35-20(17)28(22(29)32)11-24(6,33)15-10-14(25)8-9-16(15)34-7/h8-10,12,33H,11H2,1-7H3,(H,27,31)/t24-/m1/s1. The van der Waals surface area contributed by atoms with Crippen LogP contribution in [0.4, 0.5) is 4.39 Å². The lowest BCUT2D eigenvalue weighted by Gasteiger charge is -2.30. The predicted molar refractivity (Wildman–Crippen MR) is 143 cm³/mol. The van der Waals surface area contributed by atoms with Crippen LogP contribution in [-0.2, 0) is 22.5 Å². The van der Waals surface area contributed by atoms with Crippen LogP contribution >= 0.6 is 33.9 Å². The number of thiophene rings is 1. The van der Waals surface area contributed by atoms with Gasteiger partial charge in [0.15, 0.2) is 0 Å². The molecule has 2 heterocycles. The summed E-state index contributed by atoms with van der Waals surface area (Å²) in [6.07, 6.45) is 0. The average molecular weight is 617 g/mol. The van der Waals surface area contributed by atoms with Crippen LogP contribution in [0, 0.1) is 15.6 Å². The number of fused-ring (bicyclic) bond motifs is 1. The fraction of sp³-hybridized carbons (Fsp3) is 0.458. The molecule has 35 heavy (non-hydrogen) atoms. The SMILES string of the molecule is COc1ccc(F)cc1[C@](C)(O)Cn1c(=O)n(C(C)(C)C(=O)NC(C)C)c(=O)c2c(C)c(I)sc21. The Bertz CT molecular complexity index is 1420. The van der Waals surface area contributed by atoms with Crippen molar-refractivity contribution < 1.29 is 19.0 Å². The van der Waals surface area contributed by atoms with Gasteiger partial charge in [-0.25, -0.2) is 13.8 Å². The third-order valence-corrected chi connectivity index (χ3v) is 8.47. The number of benzene rings is 1. The molecule has 0 unspecified atom stereocenters. The number of aromatic nitrogens is 2. The van der Waals surface area contributed by atoms with E-state index in [2.05, 4.69) is 27.9 Å².